The molecule has 14 heteroatoms. The molecule has 4 rings (SSSR count). The summed E-state index contributed by atoms with van der Waals surface area (Å²) >= 11 is 1.58. The number of likely N-dealkylation sites (tertiary alicyclic amines) is 1. The normalized spacial score (nSPS) is 17.7. The Bertz CT molecular complexity index is 1780. The number of nitrogens with two attached hydrogens (primary N) is 2. The number of aliphatic hydroxyl groups excluding tert-OH is 1. The highest BCUT2D eigenvalue weighted by Gasteiger charge is 2.44. The van der Waals surface area contributed by atoms with Crippen molar-refractivity contribution in [2.45, 2.75) is 136 Å². The molecule has 1 saturated heterocycles. The Labute approximate surface area is 341 Å². The molecule has 56 heavy (non-hydrogen) atoms. The number of thiazole rings is 1. The number of unbranched alkanes of at least 4 members (excludes halogenated alkanes) is 1. The molecule has 0 unspecified atom stereocenters. The van der Waals surface area contributed by atoms with Crippen LogP contribution in [0.25, 0.3) is 10.4 Å². The molecule has 0 bridgehead atoms. The van der Waals surface area contributed by atoms with Crippen molar-refractivity contribution in [1.82, 2.24) is 20.5 Å². The van der Waals surface area contributed by atoms with E-state index in [9.17, 15) is 24.3 Å². The quantitative estimate of drug-likeness (QED) is 0.105. The second-order valence-corrected chi connectivity index (χ2v) is 16.9. The number of nitrogens with zero attached hydrogens (tertiary/aromatic N) is 2. The SMILES string of the molecule is Cc1cc(CCCCC(=O)N[C@H](C(=O)N2C[C@H](O)C[C@H]2C(=O)N[C@@H](C)c2ccc(-c3scnc3C)cc2)C(C)(C)C)ccc1CO[C@H](C)[C@@H](N)CCC(N)=O.Cl. The molecule has 6 atom stereocenters. The number of benzene rings is 2. The van der Waals surface area contributed by atoms with Crippen LogP contribution in [-0.4, -0.2) is 75.5 Å². The first-order valence-corrected chi connectivity index (χ1v) is 20.1. The van der Waals surface area contributed by atoms with E-state index in [2.05, 4.69) is 27.8 Å². The number of nitrogens with one attached hydrogen (secondary N) is 2. The van der Waals surface area contributed by atoms with Crippen LogP contribution in [0.2, 0.25) is 0 Å². The van der Waals surface area contributed by atoms with Gasteiger partial charge in [0.2, 0.25) is 23.6 Å². The second-order valence-electron chi connectivity index (χ2n) is 16.0. The van der Waals surface area contributed by atoms with Crippen LogP contribution in [-0.2, 0) is 36.9 Å². The number of ether oxygens (including phenoxy) is 1. The highest BCUT2D eigenvalue weighted by Crippen LogP contribution is 2.30. The van der Waals surface area contributed by atoms with Gasteiger partial charge >= 0.3 is 0 Å². The highest BCUT2D eigenvalue weighted by molar-refractivity contribution is 7.13. The number of primary amides is 1. The summed E-state index contributed by atoms with van der Waals surface area (Å²) in [5.74, 6) is -1.32. The maximum atomic E-state index is 14.1. The number of aliphatic hydroxyl groups is 1. The summed E-state index contributed by atoms with van der Waals surface area (Å²) < 4.78 is 5.96. The van der Waals surface area contributed by atoms with Crippen molar-refractivity contribution < 1.29 is 29.0 Å². The Morgan fingerprint density at radius 3 is 2.34 bits per heavy atom. The van der Waals surface area contributed by atoms with Crippen LogP contribution in [0, 0.1) is 19.3 Å². The van der Waals surface area contributed by atoms with Crippen LogP contribution >= 0.6 is 23.7 Å². The average Bonchev–Trinajstić information content (AvgIpc) is 3.75. The standard InChI is InChI=1S/C42H60N6O6S.ClH/c1-25-20-29(12-13-32(25)23-54-28(4)34(43)18-19-36(44)50)10-8-9-11-37(51)47-39(42(5,6)7)41(53)48-22-33(49)21-35(48)40(52)46-26(2)30-14-16-31(17-15-30)38-27(3)45-24-55-38;/h12-17,20,24,26,28,33-35,39,49H,8-11,18-19,21-23,43H2,1-7H3,(H2,44,50)(H,46,52)(H,47,51);1H/t26-,28+,33+,34-,35-,39+;/m0./s1. The van der Waals surface area contributed by atoms with E-state index >= 15 is 0 Å². The van der Waals surface area contributed by atoms with Crippen LogP contribution in [0.5, 0.6) is 0 Å². The topological polar surface area (TPSA) is 190 Å². The van der Waals surface area contributed by atoms with E-state index < -0.39 is 23.6 Å². The predicted octanol–water partition coefficient (Wildman–Crippen LogP) is 5.43. The number of hydrogen-bond acceptors (Lipinski definition) is 9. The lowest BCUT2D eigenvalue weighted by molar-refractivity contribution is -0.144. The van der Waals surface area contributed by atoms with Crippen molar-refractivity contribution in [1.29, 1.82) is 0 Å². The molecule has 1 aliphatic heterocycles. The zero-order valence-corrected chi connectivity index (χ0v) is 35.4. The molecule has 0 spiro atoms. The summed E-state index contributed by atoms with van der Waals surface area (Å²) in [6, 6.07) is 11.9. The molecular weight excluding hydrogens is 752 g/mol. The van der Waals surface area contributed by atoms with Crippen LogP contribution in [0.3, 0.4) is 0 Å². The van der Waals surface area contributed by atoms with E-state index in [1.54, 1.807) is 11.3 Å². The Morgan fingerprint density at radius 1 is 1.04 bits per heavy atom. The van der Waals surface area contributed by atoms with Gasteiger partial charge in [0.15, 0.2) is 0 Å². The van der Waals surface area contributed by atoms with Crippen LogP contribution < -0.4 is 22.1 Å². The number of hydrogen-bond donors (Lipinski definition) is 5. The smallest absolute Gasteiger partial charge is 0.246 e. The molecule has 308 valence electrons. The Balaban J connectivity index is 0.00000841. The number of rotatable bonds is 18. The van der Waals surface area contributed by atoms with Crippen LogP contribution in [0.15, 0.2) is 48.0 Å². The fourth-order valence-corrected chi connectivity index (χ4v) is 7.64. The van der Waals surface area contributed by atoms with E-state index in [4.69, 9.17) is 16.2 Å². The third-order valence-corrected chi connectivity index (χ3v) is 11.4. The summed E-state index contributed by atoms with van der Waals surface area (Å²) in [6.07, 6.45) is 2.24. The molecule has 0 aliphatic carbocycles. The molecule has 12 nitrogen and oxygen atoms in total. The lowest BCUT2D eigenvalue weighted by Crippen LogP contribution is -2.57. The van der Waals surface area contributed by atoms with Gasteiger partial charge in [-0.05, 0) is 86.6 Å². The molecule has 0 radical (unpaired) electrons. The van der Waals surface area contributed by atoms with E-state index in [-0.39, 0.29) is 80.0 Å². The van der Waals surface area contributed by atoms with Gasteiger partial charge in [-0.3, -0.25) is 19.2 Å². The fourth-order valence-electron chi connectivity index (χ4n) is 6.83. The first-order valence-electron chi connectivity index (χ1n) is 19.3. The van der Waals surface area contributed by atoms with Gasteiger partial charge in [0.25, 0.3) is 0 Å². The molecule has 1 fully saturated rings. The number of amides is 4. The van der Waals surface area contributed by atoms with E-state index in [0.717, 1.165) is 51.2 Å². The molecule has 0 saturated carbocycles. The molecule has 3 aromatic rings. The second kappa shape index (κ2) is 21.0. The molecular formula is C42H61ClN6O6S. The minimum atomic E-state index is -0.876. The van der Waals surface area contributed by atoms with Crippen molar-refractivity contribution in [2.24, 2.45) is 16.9 Å². The average molecular weight is 814 g/mol. The number of carbonyl (C=O) groups is 4. The van der Waals surface area contributed by atoms with Crippen molar-refractivity contribution >= 4 is 47.4 Å². The molecule has 1 aromatic heterocycles. The number of halogens is 1. The lowest BCUT2D eigenvalue weighted by Gasteiger charge is -2.35. The van der Waals surface area contributed by atoms with Gasteiger partial charge in [-0.1, -0.05) is 63.2 Å². The molecule has 4 amide bonds. The van der Waals surface area contributed by atoms with Crippen molar-refractivity contribution in [2.75, 3.05) is 6.54 Å². The van der Waals surface area contributed by atoms with Gasteiger partial charge in [0.05, 0.1) is 40.9 Å². The van der Waals surface area contributed by atoms with Crippen LogP contribution in [0.4, 0.5) is 0 Å². The van der Waals surface area contributed by atoms with Gasteiger partial charge in [-0.2, -0.15) is 0 Å². The van der Waals surface area contributed by atoms with Gasteiger partial charge in [-0.25, -0.2) is 4.98 Å². The Kier molecular flexibility index (Phi) is 17.5. The minimum absolute atomic E-state index is 0. The van der Waals surface area contributed by atoms with Gasteiger partial charge in [0.1, 0.15) is 12.1 Å². The maximum absolute atomic E-state index is 14.1. The number of aromatic nitrogens is 1. The number of aryl methyl sites for hydroxylation is 3. The fraction of sp³-hybridized carbons (Fsp3) is 0.548. The van der Waals surface area contributed by atoms with Gasteiger partial charge in [-0.15, -0.1) is 23.7 Å². The third kappa shape index (κ3) is 13.1. The first-order chi connectivity index (χ1) is 25.9. The predicted molar refractivity (Wildman–Crippen MR) is 223 cm³/mol. The number of carbonyl (C=O) groups excluding carboxylic acids is 4. The Morgan fingerprint density at radius 2 is 1.73 bits per heavy atom. The molecule has 1 aliphatic rings. The van der Waals surface area contributed by atoms with E-state index in [1.807, 2.05) is 84.3 Å². The molecule has 7 N–H and O–H groups in total. The van der Waals surface area contributed by atoms with Crippen molar-refractivity contribution in [3.8, 4) is 10.4 Å². The van der Waals surface area contributed by atoms with Crippen LogP contribution in [0.1, 0.15) is 107 Å². The summed E-state index contributed by atoms with van der Waals surface area (Å²) in [7, 11) is 0. The third-order valence-electron chi connectivity index (χ3n) is 10.4. The summed E-state index contributed by atoms with van der Waals surface area (Å²) in [5.41, 5.74) is 18.8. The zero-order chi connectivity index (χ0) is 40.4. The minimum Gasteiger partial charge on any atom is -0.391 e. The summed E-state index contributed by atoms with van der Waals surface area (Å²) in [4.78, 5) is 58.8. The van der Waals surface area contributed by atoms with Crippen molar-refractivity contribution in [3.63, 3.8) is 0 Å². The Hall–Kier alpha value is -3.88. The monoisotopic (exact) mass is 812 g/mol. The van der Waals surface area contributed by atoms with Gasteiger partial charge in [0, 0.05) is 31.8 Å². The highest BCUT2D eigenvalue weighted by atomic mass is 35.5. The summed E-state index contributed by atoms with van der Waals surface area (Å²) in [5, 5.41) is 16.6. The first kappa shape index (κ1) is 46.5. The number of β-amino-alcohol motifs (C(OH)–C–C–N with tert-alkyl or cyclic N) is 1. The van der Waals surface area contributed by atoms with Gasteiger partial charge < -0.3 is 36.8 Å². The lowest BCUT2D eigenvalue weighted by atomic mass is 9.85. The largest absolute Gasteiger partial charge is 0.391 e. The molecule has 2 heterocycles. The van der Waals surface area contributed by atoms with E-state index in [1.165, 1.54) is 4.90 Å². The molecule has 2 aromatic carbocycles. The summed E-state index contributed by atoms with van der Waals surface area (Å²) in [6.45, 7) is 13.9. The van der Waals surface area contributed by atoms with Crippen molar-refractivity contribution in [3.05, 3.63) is 75.9 Å². The zero-order valence-electron chi connectivity index (χ0n) is 33.8. The van der Waals surface area contributed by atoms with E-state index in [0.29, 0.717) is 19.4 Å². The maximum Gasteiger partial charge on any atom is 0.246 e.